The molecule has 0 aromatic carbocycles. The molecule has 0 bridgehead atoms. The number of unbranched alkanes of at least 4 members (excludes halogenated alkanes) is 47. The van der Waals surface area contributed by atoms with Gasteiger partial charge in [0.1, 0.15) is 13.2 Å². The number of hydrogen-bond acceptors (Lipinski definition) is 6. The third-order valence-electron chi connectivity index (χ3n) is 16.1. The van der Waals surface area contributed by atoms with Crippen LogP contribution in [0.1, 0.15) is 387 Å². The summed E-state index contributed by atoms with van der Waals surface area (Å²) < 4.78 is 17.0. The Bertz CT molecular complexity index is 1380. The fourth-order valence-corrected chi connectivity index (χ4v) is 10.8. The molecule has 0 aromatic heterocycles. The molecule has 6 heteroatoms. The molecule has 1 unspecified atom stereocenters. The van der Waals surface area contributed by atoms with Crippen molar-refractivity contribution in [2.45, 2.75) is 393 Å². The molecular weight excluding hydrogens is 985 g/mol. The predicted molar refractivity (Wildman–Crippen MR) is 349 cm³/mol. The van der Waals surface area contributed by atoms with Gasteiger partial charge < -0.3 is 14.2 Å². The minimum absolute atomic E-state index is 0.0644. The van der Waals surface area contributed by atoms with Gasteiger partial charge in [0.25, 0.3) is 0 Å². The van der Waals surface area contributed by atoms with Crippen molar-refractivity contribution in [3.8, 4) is 0 Å². The van der Waals surface area contributed by atoms with E-state index in [-0.39, 0.29) is 31.1 Å². The zero-order chi connectivity index (χ0) is 57.8. The lowest BCUT2D eigenvalue weighted by atomic mass is 10.0. The molecule has 80 heavy (non-hydrogen) atoms. The molecule has 0 saturated heterocycles. The maximum atomic E-state index is 12.9. The summed E-state index contributed by atoms with van der Waals surface area (Å²) in [6, 6.07) is 0. The van der Waals surface area contributed by atoms with Gasteiger partial charge in [-0.15, -0.1) is 0 Å². The van der Waals surface area contributed by atoms with Gasteiger partial charge in [0.05, 0.1) is 0 Å². The fourth-order valence-electron chi connectivity index (χ4n) is 10.8. The minimum atomic E-state index is -0.767. The summed E-state index contributed by atoms with van der Waals surface area (Å²) in [7, 11) is 0. The average molecular weight is 1120 g/mol. The van der Waals surface area contributed by atoms with E-state index in [9.17, 15) is 14.4 Å². The van der Waals surface area contributed by atoms with E-state index < -0.39 is 6.10 Å². The highest BCUT2D eigenvalue weighted by molar-refractivity contribution is 5.71. The number of esters is 3. The van der Waals surface area contributed by atoms with E-state index in [0.717, 1.165) is 83.5 Å². The van der Waals surface area contributed by atoms with Crippen LogP contribution in [0.25, 0.3) is 0 Å². The molecule has 0 aliphatic carbocycles. The molecular formula is C74H136O6. The molecule has 0 fully saturated rings. The molecule has 1 atom stereocenters. The molecule has 0 spiro atoms. The smallest absolute Gasteiger partial charge is 0.306 e. The molecule has 0 saturated carbocycles. The van der Waals surface area contributed by atoms with Crippen molar-refractivity contribution in [2.75, 3.05) is 13.2 Å². The van der Waals surface area contributed by atoms with Gasteiger partial charge in [-0.2, -0.15) is 0 Å². The van der Waals surface area contributed by atoms with Crippen molar-refractivity contribution in [3.63, 3.8) is 0 Å². The number of carbonyl (C=O) groups is 3. The van der Waals surface area contributed by atoms with E-state index in [1.54, 1.807) is 0 Å². The van der Waals surface area contributed by atoms with Crippen LogP contribution in [-0.4, -0.2) is 37.2 Å². The Morgan fingerprint density at radius 1 is 0.263 bits per heavy atom. The summed E-state index contributed by atoms with van der Waals surface area (Å²) in [4.78, 5) is 38.4. The van der Waals surface area contributed by atoms with E-state index in [1.165, 1.54) is 263 Å². The first-order valence-electron chi connectivity index (χ1n) is 35.6. The normalized spacial score (nSPS) is 12.3. The highest BCUT2D eigenvalue weighted by Gasteiger charge is 2.19. The Hall–Kier alpha value is -2.63. The summed E-state index contributed by atoms with van der Waals surface area (Å²) in [6.45, 7) is 6.60. The largest absolute Gasteiger partial charge is 0.462 e. The highest BCUT2D eigenvalue weighted by atomic mass is 16.6. The zero-order valence-electron chi connectivity index (χ0n) is 53.9. The second kappa shape index (κ2) is 68.9. The van der Waals surface area contributed by atoms with E-state index in [4.69, 9.17) is 14.2 Å². The molecule has 0 amide bonds. The molecule has 0 N–H and O–H groups in total. The monoisotopic (exact) mass is 1120 g/mol. The summed E-state index contributed by atoms with van der Waals surface area (Å²) in [5, 5.41) is 0. The summed E-state index contributed by atoms with van der Waals surface area (Å²) >= 11 is 0. The molecule has 6 nitrogen and oxygen atoms in total. The van der Waals surface area contributed by atoms with Crippen molar-refractivity contribution in [1.82, 2.24) is 0 Å². The van der Waals surface area contributed by atoms with E-state index >= 15 is 0 Å². The fraction of sp³-hybridized carbons (Fsp3) is 0.851. The second-order valence-electron chi connectivity index (χ2n) is 24.1. The highest BCUT2D eigenvalue weighted by Crippen LogP contribution is 2.19. The van der Waals surface area contributed by atoms with Crippen molar-refractivity contribution in [1.29, 1.82) is 0 Å². The van der Waals surface area contributed by atoms with Crippen LogP contribution in [0.5, 0.6) is 0 Å². The molecule has 0 rings (SSSR count). The van der Waals surface area contributed by atoms with Gasteiger partial charge in [0, 0.05) is 19.3 Å². The minimum Gasteiger partial charge on any atom is -0.462 e. The van der Waals surface area contributed by atoms with E-state index in [2.05, 4.69) is 69.4 Å². The van der Waals surface area contributed by atoms with E-state index in [0.29, 0.717) is 19.3 Å². The summed E-state index contributed by atoms with van der Waals surface area (Å²) in [5.74, 6) is -0.833. The SMILES string of the molecule is CC/C=C\C/C=C\C/C=C\C/C=C\CCCCCCCCCCCCCCCCCCCCCCC(=O)OCC(COC(=O)CCCCCCCCCCCCCCC)OC(=O)CCCCCCCCCCCCCCCCCC. The average Bonchev–Trinajstić information content (AvgIpc) is 3.46. The Labute approximate surface area is 498 Å². The number of rotatable bonds is 66. The summed E-state index contributed by atoms with van der Waals surface area (Å²) in [6.07, 6.45) is 87.2. The third-order valence-corrected chi connectivity index (χ3v) is 16.1. The Morgan fingerprint density at radius 2 is 0.487 bits per heavy atom. The second-order valence-corrected chi connectivity index (χ2v) is 24.1. The van der Waals surface area contributed by atoms with Gasteiger partial charge >= 0.3 is 17.9 Å². The lowest BCUT2D eigenvalue weighted by Crippen LogP contribution is -2.30. The standard InChI is InChI=1S/C74H136O6/c1-4-7-10-13-16-19-22-25-27-29-30-31-32-33-34-35-36-37-38-39-40-41-42-43-44-45-47-49-52-55-58-61-64-67-73(76)79-70-71(69-78-72(75)66-63-60-57-54-51-48-24-21-18-15-12-9-6-3)80-74(77)68-65-62-59-56-53-50-46-28-26-23-20-17-14-11-8-5-2/h7,10,16,19,25,27,30-31,71H,4-6,8-9,11-15,17-18,20-24,26,28-29,32-70H2,1-3H3/b10-7-,19-16-,27-25-,31-30-. The molecule has 0 heterocycles. The molecule has 468 valence electrons. The van der Waals surface area contributed by atoms with Crippen LogP contribution in [0.15, 0.2) is 48.6 Å². The van der Waals surface area contributed by atoms with Gasteiger partial charge in [-0.1, -0.05) is 358 Å². The zero-order valence-corrected chi connectivity index (χ0v) is 53.9. The quantitative estimate of drug-likeness (QED) is 0.0261. The van der Waals surface area contributed by atoms with Crippen LogP contribution in [0, 0.1) is 0 Å². The lowest BCUT2D eigenvalue weighted by molar-refractivity contribution is -0.167. The molecule has 0 aliphatic rings. The number of ether oxygens (including phenoxy) is 3. The van der Waals surface area contributed by atoms with Gasteiger partial charge in [-0.05, 0) is 57.8 Å². The van der Waals surface area contributed by atoms with Crippen LogP contribution in [0.3, 0.4) is 0 Å². The first-order chi connectivity index (χ1) is 39.5. The van der Waals surface area contributed by atoms with Crippen LogP contribution in [0.4, 0.5) is 0 Å². The topological polar surface area (TPSA) is 78.9 Å². The van der Waals surface area contributed by atoms with Crippen LogP contribution in [0.2, 0.25) is 0 Å². The molecule has 0 aromatic rings. The molecule has 0 aliphatic heterocycles. The van der Waals surface area contributed by atoms with E-state index in [1.807, 2.05) is 0 Å². The van der Waals surface area contributed by atoms with Crippen LogP contribution >= 0.6 is 0 Å². The van der Waals surface area contributed by atoms with Crippen molar-refractivity contribution in [2.24, 2.45) is 0 Å². The Balaban J connectivity index is 4.10. The van der Waals surface area contributed by atoms with Gasteiger partial charge in [0.15, 0.2) is 6.10 Å². The maximum absolute atomic E-state index is 12.9. The van der Waals surface area contributed by atoms with Crippen molar-refractivity contribution in [3.05, 3.63) is 48.6 Å². The third kappa shape index (κ3) is 66.2. The number of allylic oxidation sites excluding steroid dienone is 8. The van der Waals surface area contributed by atoms with Crippen molar-refractivity contribution < 1.29 is 28.6 Å². The van der Waals surface area contributed by atoms with Gasteiger partial charge in [-0.25, -0.2) is 0 Å². The van der Waals surface area contributed by atoms with Crippen molar-refractivity contribution >= 4 is 17.9 Å². The first-order valence-corrected chi connectivity index (χ1v) is 35.6. The molecule has 0 radical (unpaired) electrons. The van der Waals surface area contributed by atoms with Crippen LogP contribution < -0.4 is 0 Å². The predicted octanol–water partition coefficient (Wildman–Crippen LogP) is 24.5. The van der Waals surface area contributed by atoms with Gasteiger partial charge in [-0.3, -0.25) is 14.4 Å². The van der Waals surface area contributed by atoms with Crippen LogP contribution in [-0.2, 0) is 28.6 Å². The first kappa shape index (κ1) is 77.4. The Kier molecular flexibility index (Phi) is 66.6. The lowest BCUT2D eigenvalue weighted by Gasteiger charge is -2.18. The summed E-state index contributed by atoms with van der Waals surface area (Å²) in [5.41, 5.74) is 0. The van der Waals surface area contributed by atoms with Gasteiger partial charge in [0.2, 0.25) is 0 Å². The number of carbonyl (C=O) groups excluding carboxylic acids is 3. The Morgan fingerprint density at radius 3 is 0.762 bits per heavy atom. The maximum Gasteiger partial charge on any atom is 0.306 e. The number of hydrogen-bond donors (Lipinski definition) is 0.